The van der Waals surface area contributed by atoms with Gasteiger partial charge in [0.25, 0.3) is 0 Å². The molecule has 0 radical (unpaired) electrons. The van der Waals surface area contributed by atoms with Crippen LogP contribution < -0.4 is 4.72 Å². The maximum atomic E-state index is 12.1. The highest BCUT2D eigenvalue weighted by atomic mass is 32.2. The Morgan fingerprint density at radius 1 is 1.25 bits per heavy atom. The fraction of sp³-hybridized carbons (Fsp3) is 0.308. The highest BCUT2D eigenvalue weighted by Crippen LogP contribution is 2.11. The van der Waals surface area contributed by atoms with Crippen LogP contribution in [0.3, 0.4) is 0 Å². The molecule has 6 nitrogen and oxygen atoms in total. The predicted octanol–water partition coefficient (Wildman–Crippen LogP) is 0.433. The van der Waals surface area contributed by atoms with Crippen molar-refractivity contribution in [3.05, 3.63) is 47.8 Å². The van der Waals surface area contributed by atoms with Gasteiger partial charge in [-0.3, -0.25) is 4.68 Å². The Morgan fingerprint density at radius 3 is 2.50 bits per heavy atom. The highest BCUT2D eigenvalue weighted by Gasteiger charge is 2.14. The molecule has 0 saturated heterocycles. The molecule has 1 aromatic heterocycles. The first kappa shape index (κ1) is 14.7. The molecule has 20 heavy (non-hydrogen) atoms. The topological polar surface area (TPSA) is 84.2 Å². The third kappa shape index (κ3) is 3.66. The molecular weight excluding hydrogens is 278 g/mol. The Morgan fingerprint density at radius 2 is 1.95 bits per heavy atom. The van der Waals surface area contributed by atoms with Crippen LogP contribution in [0.5, 0.6) is 0 Å². The van der Waals surface area contributed by atoms with Gasteiger partial charge in [-0.25, -0.2) is 13.1 Å². The molecule has 0 saturated carbocycles. The van der Waals surface area contributed by atoms with Crippen molar-refractivity contribution in [2.75, 3.05) is 6.61 Å². The summed E-state index contributed by atoms with van der Waals surface area (Å²) in [6.07, 6.45) is 2.27. The number of rotatable bonds is 6. The van der Waals surface area contributed by atoms with E-state index in [1.807, 2.05) is 0 Å². The Labute approximate surface area is 118 Å². The molecule has 0 spiro atoms. The van der Waals surface area contributed by atoms with Crippen molar-refractivity contribution in [2.45, 2.75) is 17.9 Å². The lowest BCUT2D eigenvalue weighted by Gasteiger charge is -2.06. The van der Waals surface area contributed by atoms with Gasteiger partial charge in [-0.1, -0.05) is 12.1 Å². The summed E-state index contributed by atoms with van der Waals surface area (Å²) in [6.45, 7) is 0.200. The summed E-state index contributed by atoms with van der Waals surface area (Å²) in [4.78, 5) is 0.204. The summed E-state index contributed by atoms with van der Waals surface area (Å²) in [5.41, 5.74) is 1.56. The smallest absolute Gasteiger partial charge is 0.240 e. The summed E-state index contributed by atoms with van der Waals surface area (Å²) >= 11 is 0. The van der Waals surface area contributed by atoms with Crippen molar-refractivity contribution in [1.82, 2.24) is 14.5 Å². The average molecular weight is 295 g/mol. The summed E-state index contributed by atoms with van der Waals surface area (Å²) in [7, 11) is -1.77. The minimum atomic E-state index is -3.54. The largest absolute Gasteiger partial charge is 0.396 e. The lowest BCUT2D eigenvalue weighted by Crippen LogP contribution is -2.23. The Kier molecular flexibility index (Phi) is 4.53. The minimum absolute atomic E-state index is 0.0457. The van der Waals surface area contributed by atoms with Crippen LogP contribution in [-0.4, -0.2) is 29.9 Å². The normalized spacial score (nSPS) is 11.7. The van der Waals surface area contributed by atoms with Gasteiger partial charge >= 0.3 is 0 Å². The molecule has 0 unspecified atom stereocenters. The molecule has 1 heterocycles. The minimum Gasteiger partial charge on any atom is -0.396 e. The Hall–Kier alpha value is -1.70. The molecule has 2 rings (SSSR count). The number of nitrogens with zero attached hydrogens (tertiary/aromatic N) is 2. The van der Waals surface area contributed by atoms with E-state index in [0.717, 1.165) is 5.56 Å². The van der Waals surface area contributed by atoms with E-state index in [-0.39, 0.29) is 18.0 Å². The zero-order valence-electron chi connectivity index (χ0n) is 11.2. The number of nitrogens with one attached hydrogen (secondary N) is 1. The van der Waals surface area contributed by atoms with E-state index in [1.54, 1.807) is 36.1 Å². The van der Waals surface area contributed by atoms with Gasteiger partial charge in [-0.05, 0) is 30.2 Å². The zero-order chi connectivity index (χ0) is 14.6. The van der Waals surface area contributed by atoms with Gasteiger partial charge in [0.2, 0.25) is 10.0 Å². The molecular formula is C13H17N3O3S. The first-order chi connectivity index (χ1) is 9.51. The number of sulfonamides is 1. The van der Waals surface area contributed by atoms with Gasteiger partial charge < -0.3 is 5.11 Å². The van der Waals surface area contributed by atoms with Gasteiger partial charge in [0, 0.05) is 19.9 Å². The van der Waals surface area contributed by atoms with Gasteiger partial charge in [-0.2, -0.15) is 5.10 Å². The van der Waals surface area contributed by atoms with Gasteiger partial charge in [-0.15, -0.1) is 0 Å². The Balaban J connectivity index is 2.05. The van der Waals surface area contributed by atoms with Crippen molar-refractivity contribution in [2.24, 2.45) is 7.05 Å². The maximum absolute atomic E-state index is 12.1. The summed E-state index contributed by atoms with van der Waals surface area (Å²) in [5, 5.41) is 12.9. The molecule has 0 amide bonds. The van der Waals surface area contributed by atoms with Crippen LogP contribution in [0.25, 0.3) is 0 Å². The van der Waals surface area contributed by atoms with Gasteiger partial charge in [0.1, 0.15) is 0 Å². The fourth-order valence-corrected chi connectivity index (χ4v) is 2.77. The summed E-state index contributed by atoms with van der Waals surface area (Å²) < 4.78 is 28.3. The molecule has 7 heteroatoms. The third-order valence-electron chi connectivity index (χ3n) is 2.85. The van der Waals surface area contributed by atoms with Crippen LogP contribution in [-0.2, 0) is 30.0 Å². The standard InChI is InChI=1S/C13H17N3O3S/c1-16-8-6-12(15-16)10-14-20(18,19)13-4-2-11(3-5-13)7-9-17/h2-6,8,14,17H,7,9-10H2,1H3. The van der Waals surface area contributed by atoms with Crippen molar-refractivity contribution >= 4 is 10.0 Å². The molecule has 0 aliphatic carbocycles. The quantitative estimate of drug-likeness (QED) is 0.809. The lowest BCUT2D eigenvalue weighted by atomic mass is 10.2. The van der Waals surface area contributed by atoms with Crippen LogP contribution in [0.15, 0.2) is 41.4 Å². The number of benzene rings is 1. The molecule has 1 aromatic carbocycles. The lowest BCUT2D eigenvalue weighted by molar-refractivity contribution is 0.299. The molecule has 2 aromatic rings. The Bertz CT molecular complexity index is 662. The number of aromatic nitrogens is 2. The summed E-state index contributed by atoms with van der Waals surface area (Å²) in [5.74, 6) is 0. The summed E-state index contributed by atoms with van der Waals surface area (Å²) in [6, 6.07) is 8.22. The van der Waals surface area contributed by atoms with Crippen LogP contribution in [0.4, 0.5) is 0 Å². The van der Waals surface area contributed by atoms with E-state index in [0.29, 0.717) is 12.1 Å². The first-order valence-electron chi connectivity index (χ1n) is 6.19. The van der Waals surface area contributed by atoms with E-state index >= 15 is 0 Å². The van der Waals surface area contributed by atoms with Crippen molar-refractivity contribution in [1.29, 1.82) is 0 Å². The molecule has 2 N–H and O–H groups in total. The predicted molar refractivity (Wildman–Crippen MR) is 74.5 cm³/mol. The van der Waals surface area contributed by atoms with Crippen LogP contribution in [0.1, 0.15) is 11.3 Å². The number of aliphatic hydroxyl groups excluding tert-OH is 1. The second-order valence-electron chi connectivity index (χ2n) is 4.42. The van der Waals surface area contributed by atoms with Crippen molar-refractivity contribution < 1.29 is 13.5 Å². The van der Waals surface area contributed by atoms with Crippen molar-refractivity contribution in [3.63, 3.8) is 0 Å². The number of aryl methyl sites for hydroxylation is 1. The molecule has 0 atom stereocenters. The van der Waals surface area contributed by atoms with E-state index < -0.39 is 10.0 Å². The van der Waals surface area contributed by atoms with E-state index in [2.05, 4.69) is 9.82 Å². The van der Waals surface area contributed by atoms with Gasteiger partial charge in [0.15, 0.2) is 0 Å². The molecule has 0 bridgehead atoms. The van der Waals surface area contributed by atoms with Crippen LogP contribution in [0.2, 0.25) is 0 Å². The number of hydrogen-bond acceptors (Lipinski definition) is 4. The highest BCUT2D eigenvalue weighted by molar-refractivity contribution is 7.89. The zero-order valence-corrected chi connectivity index (χ0v) is 12.0. The van der Waals surface area contributed by atoms with Crippen LogP contribution in [0, 0.1) is 0 Å². The second kappa shape index (κ2) is 6.17. The average Bonchev–Trinajstić information content (AvgIpc) is 2.84. The van der Waals surface area contributed by atoms with E-state index in [4.69, 9.17) is 5.11 Å². The van der Waals surface area contributed by atoms with Crippen molar-refractivity contribution in [3.8, 4) is 0 Å². The molecule has 0 aliphatic rings. The third-order valence-corrected chi connectivity index (χ3v) is 4.26. The maximum Gasteiger partial charge on any atom is 0.240 e. The monoisotopic (exact) mass is 295 g/mol. The fourth-order valence-electron chi connectivity index (χ4n) is 1.77. The molecule has 0 aliphatic heterocycles. The van der Waals surface area contributed by atoms with E-state index in [1.165, 1.54) is 12.1 Å². The number of aliphatic hydroxyl groups is 1. The number of hydrogen-bond donors (Lipinski definition) is 2. The molecule has 0 fully saturated rings. The van der Waals surface area contributed by atoms with Crippen LogP contribution >= 0.6 is 0 Å². The van der Waals surface area contributed by atoms with E-state index in [9.17, 15) is 8.42 Å². The first-order valence-corrected chi connectivity index (χ1v) is 7.67. The molecule has 108 valence electrons. The SMILES string of the molecule is Cn1ccc(CNS(=O)(=O)c2ccc(CCO)cc2)n1. The van der Waals surface area contributed by atoms with Gasteiger partial charge in [0.05, 0.1) is 17.1 Å². The second-order valence-corrected chi connectivity index (χ2v) is 6.19.